The van der Waals surface area contributed by atoms with Crippen molar-refractivity contribution in [3.63, 3.8) is 0 Å². The Balaban J connectivity index is 1.54. The van der Waals surface area contributed by atoms with Crippen LogP contribution in [0.1, 0.15) is 18.3 Å². The van der Waals surface area contributed by atoms with E-state index in [1.54, 1.807) is 6.08 Å². The van der Waals surface area contributed by atoms with Gasteiger partial charge < -0.3 is 15.0 Å². The van der Waals surface area contributed by atoms with Crippen molar-refractivity contribution in [3.8, 4) is 5.75 Å². The Morgan fingerprint density at radius 2 is 2.00 bits per heavy atom. The number of aromatic amines is 1. The number of rotatable bonds is 6. The lowest BCUT2D eigenvalue weighted by molar-refractivity contribution is -0.116. The van der Waals surface area contributed by atoms with Gasteiger partial charge in [0.25, 0.3) is 0 Å². The molecule has 0 aliphatic heterocycles. The summed E-state index contributed by atoms with van der Waals surface area (Å²) in [5.41, 5.74) is 2.80. The van der Waals surface area contributed by atoms with E-state index in [1.165, 1.54) is 6.08 Å². The normalized spacial score (nSPS) is 11.0. The SMILES string of the molecule is CCOc1ccc(/C=C/C(=O)NCc2nc3ccccc3[nH]2)cc1. The topological polar surface area (TPSA) is 67.0 Å². The zero-order valence-corrected chi connectivity index (χ0v) is 13.5. The Morgan fingerprint density at radius 3 is 2.75 bits per heavy atom. The quantitative estimate of drug-likeness (QED) is 0.685. The van der Waals surface area contributed by atoms with Crippen molar-refractivity contribution in [2.75, 3.05) is 6.61 Å². The van der Waals surface area contributed by atoms with Crippen LogP contribution in [0.4, 0.5) is 0 Å². The molecule has 5 heteroatoms. The monoisotopic (exact) mass is 321 g/mol. The van der Waals surface area contributed by atoms with Crippen molar-refractivity contribution in [2.45, 2.75) is 13.5 Å². The lowest BCUT2D eigenvalue weighted by Gasteiger charge is -2.02. The highest BCUT2D eigenvalue weighted by molar-refractivity contribution is 5.91. The van der Waals surface area contributed by atoms with Gasteiger partial charge in [0.2, 0.25) is 5.91 Å². The smallest absolute Gasteiger partial charge is 0.244 e. The predicted molar refractivity (Wildman–Crippen MR) is 94.6 cm³/mol. The van der Waals surface area contributed by atoms with Crippen LogP contribution in [0.25, 0.3) is 17.1 Å². The van der Waals surface area contributed by atoms with Gasteiger partial charge in [-0.1, -0.05) is 24.3 Å². The summed E-state index contributed by atoms with van der Waals surface area (Å²) in [5.74, 6) is 1.40. The fourth-order valence-corrected chi connectivity index (χ4v) is 2.33. The highest BCUT2D eigenvalue weighted by atomic mass is 16.5. The number of aromatic nitrogens is 2. The second-order valence-corrected chi connectivity index (χ2v) is 5.25. The average molecular weight is 321 g/mol. The van der Waals surface area contributed by atoms with Crippen LogP contribution < -0.4 is 10.1 Å². The third-order valence-corrected chi connectivity index (χ3v) is 3.49. The van der Waals surface area contributed by atoms with Crippen LogP contribution >= 0.6 is 0 Å². The number of nitrogens with one attached hydrogen (secondary N) is 2. The molecule has 0 bridgehead atoms. The number of H-pyrrole nitrogens is 1. The summed E-state index contributed by atoms with van der Waals surface area (Å²) in [6, 6.07) is 15.4. The van der Waals surface area contributed by atoms with Gasteiger partial charge in [-0.3, -0.25) is 4.79 Å². The van der Waals surface area contributed by atoms with Gasteiger partial charge in [0.15, 0.2) is 0 Å². The molecule has 24 heavy (non-hydrogen) atoms. The van der Waals surface area contributed by atoms with Gasteiger partial charge in [0.1, 0.15) is 11.6 Å². The summed E-state index contributed by atoms with van der Waals surface area (Å²) in [6.07, 6.45) is 3.28. The number of benzene rings is 2. The van der Waals surface area contributed by atoms with Crippen LogP contribution in [0, 0.1) is 0 Å². The summed E-state index contributed by atoms with van der Waals surface area (Å²) in [6.45, 7) is 2.95. The molecule has 2 N–H and O–H groups in total. The first-order chi connectivity index (χ1) is 11.7. The minimum absolute atomic E-state index is 0.163. The first-order valence-electron chi connectivity index (χ1n) is 7.87. The summed E-state index contributed by atoms with van der Waals surface area (Å²) >= 11 is 0. The van der Waals surface area contributed by atoms with E-state index in [4.69, 9.17) is 4.74 Å². The summed E-state index contributed by atoms with van der Waals surface area (Å²) in [7, 11) is 0. The van der Waals surface area contributed by atoms with Crippen molar-refractivity contribution in [1.29, 1.82) is 0 Å². The molecule has 1 aromatic heterocycles. The van der Waals surface area contributed by atoms with Gasteiger partial charge in [-0.15, -0.1) is 0 Å². The maximum Gasteiger partial charge on any atom is 0.244 e. The van der Waals surface area contributed by atoms with Crippen molar-refractivity contribution < 1.29 is 9.53 Å². The summed E-state index contributed by atoms with van der Waals surface area (Å²) in [5, 5.41) is 2.82. The number of amides is 1. The highest BCUT2D eigenvalue weighted by Crippen LogP contribution is 2.13. The molecule has 0 spiro atoms. The highest BCUT2D eigenvalue weighted by Gasteiger charge is 2.03. The first kappa shape index (κ1) is 15.8. The Bertz CT molecular complexity index is 817. The van der Waals surface area contributed by atoms with E-state index < -0.39 is 0 Å². The number of hydrogen-bond donors (Lipinski definition) is 2. The number of fused-ring (bicyclic) bond motifs is 1. The lowest BCUT2D eigenvalue weighted by Crippen LogP contribution is -2.20. The molecule has 0 unspecified atom stereocenters. The van der Waals surface area contributed by atoms with Crippen LogP contribution in [0.3, 0.4) is 0 Å². The van der Waals surface area contributed by atoms with E-state index >= 15 is 0 Å². The molecule has 0 aliphatic carbocycles. The standard InChI is InChI=1S/C19H19N3O2/c1-2-24-15-10-7-14(8-11-15)9-12-19(23)20-13-18-21-16-5-3-4-6-17(16)22-18/h3-12H,2,13H2,1H3,(H,20,23)(H,21,22)/b12-9+. The number of carbonyl (C=O) groups is 1. The molecule has 0 atom stereocenters. The van der Waals surface area contributed by atoms with Crippen LogP contribution in [-0.4, -0.2) is 22.5 Å². The van der Waals surface area contributed by atoms with Crippen molar-refractivity contribution >= 4 is 23.0 Å². The van der Waals surface area contributed by atoms with E-state index in [9.17, 15) is 4.79 Å². The number of hydrogen-bond acceptors (Lipinski definition) is 3. The van der Waals surface area contributed by atoms with Gasteiger partial charge in [0, 0.05) is 6.08 Å². The van der Waals surface area contributed by atoms with E-state index in [1.807, 2.05) is 55.5 Å². The lowest BCUT2D eigenvalue weighted by atomic mass is 10.2. The van der Waals surface area contributed by atoms with Gasteiger partial charge in [-0.25, -0.2) is 4.98 Å². The van der Waals surface area contributed by atoms with Gasteiger partial charge in [-0.05, 0) is 42.8 Å². The fourth-order valence-electron chi connectivity index (χ4n) is 2.33. The molecule has 0 radical (unpaired) electrons. The van der Waals surface area contributed by atoms with Crippen LogP contribution in [0.2, 0.25) is 0 Å². The van der Waals surface area contributed by atoms with Gasteiger partial charge in [0.05, 0.1) is 24.2 Å². The molecule has 5 nitrogen and oxygen atoms in total. The van der Waals surface area contributed by atoms with Gasteiger partial charge >= 0.3 is 0 Å². The number of imidazole rings is 1. The van der Waals surface area contributed by atoms with Crippen molar-refractivity contribution in [1.82, 2.24) is 15.3 Å². The Labute approximate surface area is 140 Å². The van der Waals surface area contributed by atoms with Crippen LogP contribution in [-0.2, 0) is 11.3 Å². The largest absolute Gasteiger partial charge is 0.494 e. The zero-order chi connectivity index (χ0) is 16.8. The zero-order valence-electron chi connectivity index (χ0n) is 13.5. The van der Waals surface area contributed by atoms with Crippen LogP contribution in [0.5, 0.6) is 5.75 Å². The second kappa shape index (κ2) is 7.46. The van der Waals surface area contributed by atoms with Crippen molar-refractivity contribution in [3.05, 3.63) is 66.0 Å². The maximum atomic E-state index is 11.9. The minimum atomic E-state index is -0.163. The fraction of sp³-hybridized carbons (Fsp3) is 0.158. The Morgan fingerprint density at radius 1 is 1.21 bits per heavy atom. The maximum absolute atomic E-state index is 11.9. The molecular formula is C19H19N3O2. The Kier molecular flexibility index (Phi) is 4.91. The molecule has 0 saturated heterocycles. The molecule has 3 rings (SSSR count). The van der Waals surface area contributed by atoms with E-state index in [0.29, 0.717) is 13.2 Å². The molecule has 2 aromatic carbocycles. The number of nitrogens with zero attached hydrogens (tertiary/aromatic N) is 1. The van der Waals surface area contributed by atoms with E-state index in [0.717, 1.165) is 28.2 Å². The first-order valence-corrected chi connectivity index (χ1v) is 7.87. The average Bonchev–Trinajstić information content (AvgIpc) is 3.02. The number of ether oxygens (including phenoxy) is 1. The van der Waals surface area contributed by atoms with Crippen molar-refractivity contribution in [2.24, 2.45) is 0 Å². The van der Waals surface area contributed by atoms with E-state index in [2.05, 4.69) is 15.3 Å². The second-order valence-electron chi connectivity index (χ2n) is 5.25. The molecular weight excluding hydrogens is 302 g/mol. The summed E-state index contributed by atoms with van der Waals surface area (Å²) in [4.78, 5) is 19.5. The molecule has 122 valence electrons. The molecule has 0 aliphatic rings. The minimum Gasteiger partial charge on any atom is -0.494 e. The molecule has 1 heterocycles. The van der Waals surface area contributed by atoms with E-state index in [-0.39, 0.29) is 5.91 Å². The predicted octanol–water partition coefficient (Wildman–Crippen LogP) is 3.29. The third-order valence-electron chi connectivity index (χ3n) is 3.49. The van der Waals surface area contributed by atoms with Crippen LogP contribution in [0.15, 0.2) is 54.6 Å². The molecule has 3 aromatic rings. The number of carbonyl (C=O) groups excluding carboxylic acids is 1. The Hall–Kier alpha value is -3.08. The van der Waals surface area contributed by atoms with Gasteiger partial charge in [-0.2, -0.15) is 0 Å². The molecule has 0 fully saturated rings. The summed E-state index contributed by atoms with van der Waals surface area (Å²) < 4.78 is 5.39. The number of para-hydroxylation sites is 2. The third kappa shape index (κ3) is 4.01. The molecule has 1 amide bonds. The molecule has 0 saturated carbocycles.